The summed E-state index contributed by atoms with van der Waals surface area (Å²) in [5.74, 6) is 0.375. The summed E-state index contributed by atoms with van der Waals surface area (Å²) in [4.78, 5) is 10.7. The van der Waals surface area contributed by atoms with Gasteiger partial charge in [-0.3, -0.25) is 4.90 Å². The Hall–Kier alpha value is -1.82. The third-order valence-corrected chi connectivity index (χ3v) is 6.63. The lowest BCUT2D eigenvalue weighted by Gasteiger charge is -2.50. The van der Waals surface area contributed by atoms with E-state index in [1.807, 2.05) is 0 Å². The van der Waals surface area contributed by atoms with E-state index in [-0.39, 0.29) is 5.54 Å². The van der Waals surface area contributed by atoms with Crippen LogP contribution in [0, 0.1) is 0 Å². The Labute approximate surface area is 168 Å². The molecule has 0 bridgehead atoms. The Balaban J connectivity index is 1.37. The molecule has 29 heavy (non-hydrogen) atoms. The first kappa shape index (κ1) is 19.2. The zero-order valence-electron chi connectivity index (χ0n) is 16.3. The Morgan fingerprint density at radius 1 is 1.24 bits per heavy atom. The standard InChI is InChI=1S/C19H28N6O4/c20-16-12-1-6-25(17(12)23-11-22-16)18-15(27)14(26)13(29-18)9-24-7-8-28-10-19(24)2-4-21-5-3-19/h1,6,11,13-15,18,21,26-27H,2-5,7-10H2,(H2,20,22,23)/t13-,14-,15-,18-/m1/s1. The molecule has 0 aliphatic carbocycles. The summed E-state index contributed by atoms with van der Waals surface area (Å²) < 4.78 is 13.7. The van der Waals surface area contributed by atoms with Gasteiger partial charge in [0, 0.05) is 24.8 Å². The lowest BCUT2D eigenvalue weighted by Crippen LogP contribution is -2.63. The Kier molecular flexibility index (Phi) is 4.93. The summed E-state index contributed by atoms with van der Waals surface area (Å²) in [7, 11) is 0. The second kappa shape index (κ2) is 7.46. The third-order valence-electron chi connectivity index (χ3n) is 6.63. The van der Waals surface area contributed by atoms with Gasteiger partial charge in [0.15, 0.2) is 6.23 Å². The number of aromatic nitrogens is 3. The lowest BCUT2D eigenvalue weighted by molar-refractivity contribution is -0.113. The maximum Gasteiger partial charge on any atom is 0.164 e. The van der Waals surface area contributed by atoms with Crippen LogP contribution in [0.1, 0.15) is 19.1 Å². The van der Waals surface area contributed by atoms with E-state index < -0.39 is 24.5 Å². The fourth-order valence-corrected chi connectivity index (χ4v) is 4.93. The Morgan fingerprint density at radius 3 is 2.90 bits per heavy atom. The van der Waals surface area contributed by atoms with E-state index in [4.69, 9.17) is 15.2 Å². The van der Waals surface area contributed by atoms with E-state index in [1.54, 1.807) is 16.8 Å². The van der Waals surface area contributed by atoms with Crippen LogP contribution in [0.3, 0.4) is 0 Å². The van der Waals surface area contributed by atoms with Crippen LogP contribution in [0.2, 0.25) is 0 Å². The largest absolute Gasteiger partial charge is 0.387 e. The first-order valence-electron chi connectivity index (χ1n) is 10.2. The number of nitrogen functional groups attached to an aromatic ring is 1. The van der Waals surface area contributed by atoms with Crippen LogP contribution in [0.5, 0.6) is 0 Å². The second-order valence-corrected chi connectivity index (χ2v) is 8.24. The van der Waals surface area contributed by atoms with Gasteiger partial charge in [0.1, 0.15) is 36.1 Å². The van der Waals surface area contributed by atoms with Gasteiger partial charge in [-0.05, 0) is 32.0 Å². The van der Waals surface area contributed by atoms with Crippen LogP contribution in [-0.2, 0) is 9.47 Å². The molecule has 0 unspecified atom stereocenters. The summed E-state index contributed by atoms with van der Waals surface area (Å²) >= 11 is 0. The number of rotatable bonds is 3. The molecule has 158 valence electrons. The number of nitrogens with two attached hydrogens (primary N) is 1. The summed E-state index contributed by atoms with van der Waals surface area (Å²) in [6, 6.07) is 1.80. The van der Waals surface area contributed by atoms with E-state index in [9.17, 15) is 10.2 Å². The highest BCUT2D eigenvalue weighted by molar-refractivity contribution is 5.86. The van der Waals surface area contributed by atoms with E-state index >= 15 is 0 Å². The van der Waals surface area contributed by atoms with Crippen molar-refractivity contribution in [2.24, 2.45) is 0 Å². The first-order chi connectivity index (χ1) is 14.1. The molecule has 0 amide bonds. The number of nitrogens with one attached hydrogen (secondary N) is 1. The molecule has 1 spiro atoms. The fraction of sp³-hybridized carbons (Fsp3) is 0.684. The molecule has 3 aliphatic rings. The molecular formula is C19H28N6O4. The van der Waals surface area contributed by atoms with Crippen molar-refractivity contribution < 1.29 is 19.7 Å². The van der Waals surface area contributed by atoms with Crippen molar-refractivity contribution in [3.05, 3.63) is 18.6 Å². The second-order valence-electron chi connectivity index (χ2n) is 8.24. The summed E-state index contributed by atoms with van der Waals surface area (Å²) in [6.45, 7) is 4.62. The average molecular weight is 404 g/mol. The minimum Gasteiger partial charge on any atom is -0.387 e. The van der Waals surface area contributed by atoms with E-state index in [1.165, 1.54) is 6.33 Å². The van der Waals surface area contributed by atoms with Crippen LogP contribution >= 0.6 is 0 Å². The number of ether oxygens (including phenoxy) is 2. The van der Waals surface area contributed by atoms with Gasteiger partial charge in [-0.25, -0.2) is 9.97 Å². The molecule has 3 saturated heterocycles. The van der Waals surface area contributed by atoms with Gasteiger partial charge < -0.3 is 35.3 Å². The van der Waals surface area contributed by atoms with Crippen LogP contribution in [0.4, 0.5) is 5.82 Å². The van der Waals surface area contributed by atoms with Crippen molar-refractivity contribution in [2.45, 2.75) is 42.9 Å². The molecule has 4 atom stereocenters. The zero-order valence-corrected chi connectivity index (χ0v) is 16.3. The van der Waals surface area contributed by atoms with Crippen LogP contribution in [0.15, 0.2) is 18.6 Å². The number of hydrogen-bond donors (Lipinski definition) is 4. The van der Waals surface area contributed by atoms with Crippen molar-refractivity contribution in [3.8, 4) is 0 Å². The molecule has 10 nitrogen and oxygen atoms in total. The van der Waals surface area contributed by atoms with Crippen molar-refractivity contribution in [1.82, 2.24) is 24.8 Å². The normalized spacial score (nSPS) is 32.9. The van der Waals surface area contributed by atoms with Crippen molar-refractivity contribution >= 4 is 16.9 Å². The number of anilines is 1. The molecule has 10 heteroatoms. The molecule has 0 aromatic carbocycles. The van der Waals surface area contributed by atoms with Crippen LogP contribution in [-0.4, -0.2) is 92.9 Å². The maximum absolute atomic E-state index is 10.8. The molecule has 3 fully saturated rings. The average Bonchev–Trinajstić information content (AvgIpc) is 3.28. The third kappa shape index (κ3) is 3.20. The quantitative estimate of drug-likeness (QED) is 0.513. The number of hydrogen-bond acceptors (Lipinski definition) is 9. The zero-order chi connectivity index (χ0) is 20.0. The van der Waals surface area contributed by atoms with Gasteiger partial charge in [-0.1, -0.05) is 0 Å². The predicted octanol–water partition coefficient (Wildman–Crippen LogP) is -0.913. The SMILES string of the molecule is Nc1ncnc2c1ccn2[C@@H]1O[C@H](CN2CCOCC23CCNCC3)[C@@H](O)[C@H]1O. The van der Waals surface area contributed by atoms with Gasteiger partial charge in [0.2, 0.25) is 0 Å². The highest BCUT2D eigenvalue weighted by atomic mass is 16.6. The number of aliphatic hydroxyl groups excluding tert-OH is 2. The molecule has 0 radical (unpaired) electrons. The Morgan fingerprint density at radius 2 is 2.07 bits per heavy atom. The lowest BCUT2D eigenvalue weighted by atomic mass is 9.85. The summed E-state index contributed by atoms with van der Waals surface area (Å²) in [6.07, 6.45) is 1.87. The van der Waals surface area contributed by atoms with Crippen LogP contribution in [0.25, 0.3) is 11.0 Å². The number of piperidine rings is 1. The van der Waals surface area contributed by atoms with Gasteiger partial charge in [-0.15, -0.1) is 0 Å². The predicted molar refractivity (Wildman–Crippen MR) is 105 cm³/mol. The number of morpholine rings is 1. The molecule has 0 saturated carbocycles. The molecule has 5 N–H and O–H groups in total. The van der Waals surface area contributed by atoms with E-state index in [0.29, 0.717) is 36.6 Å². The van der Waals surface area contributed by atoms with E-state index in [0.717, 1.165) is 32.5 Å². The Bertz CT molecular complexity index is 861. The van der Waals surface area contributed by atoms with Crippen molar-refractivity contribution in [2.75, 3.05) is 45.1 Å². The topological polar surface area (TPSA) is 131 Å². The summed E-state index contributed by atoms with van der Waals surface area (Å²) in [5, 5.41) is 25.6. The highest BCUT2D eigenvalue weighted by Gasteiger charge is 2.48. The van der Waals surface area contributed by atoms with Gasteiger partial charge in [0.25, 0.3) is 0 Å². The van der Waals surface area contributed by atoms with Gasteiger partial charge >= 0.3 is 0 Å². The maximum atomic E-state index is 10.8. The molecule has 5 rings (SSSR count). The molecule has 3 aliphatic heterocycles. The molecule has 2 aromatic heterocycles. The first-order valence-corrected chi connectivity index (χ1v) is 10.2. The van der Waals surface area contributed by atoms with Crippen molar-refractivity contribution in [1.29, 1.82) is 0 Å². The fourth-order valence-electron chi connectivity index (χ4n) is 4.93. The number of fused-ring (bicyclic) bond motifs is 1. The number of aliphatic hydroxyl groups is 2. The minimum atomic E-state index is -1.06. The van der Waals surface area contributed by atoms with Gasteiger partial charge in [0.05, 0.1) is 18.6 Å². The monoisotopic (exact) mass is 404 g/mol. The van der Waals surface area contributed by atoms with Crippen molar-refractivity contribution in [3.63, 3.8) is 0 Å². The van der Waals surface area contributed by atoms with Gasteiger partial charge in [-0.2, -0.15) is 0 Å². The highest BCUT2D eigenvalue weighted by Crippen LogP contribution is 2.36. The number of nitrogens with zero attached hydrogens (tertiary/aromatic N) is 4. The molecule has 2 aromatic rings. The summed E-state index contributed by atoms with van der Waals surface area (Å²) in [5.41, 5.74) is 6.47. The molecular weight excluding hydrogens is 376 g/mol. The minimum absolute atomic E-state index is 0.0303. The van der Waals surface area contributed by atoms with Crippen LogP contribution < -0.4 is 11.1 Å². The smallest absolute Gasteiger partial charge is 0.164 e. The molecule has 5 heterocycles. The van der Waals surface area contributed by atoms with E-state index in [2.05, 4.69) is 20.2 Å².